The molecule has 1 aromatic rings. The third-order valence-electron chi connectivity index (χ3n) is 4.13. The van der Waals surface area contributed by atoms with Crippen LogP contribution in [-0.4, -0.2) is 54.5 Å². The van der Waals surface area contributed by atoms with Crippen molar-refractivity contribution >= 4 is 11.7 Å². The molecule has 1 aliphatic rings. The van der Waals surface area contributed by atoms with E-state index in [0.717, 1.165) is 32.5 Å². The molecule has 1 atom stereocenters. The molecule has 2 N–H and O–H groups in total. The van der Waals surface area contributed by atoms with Gasteiger partial charge in [-0.05, 0) is 38.3 Å². The summed E-state index contributed by atoms with van der Waals surface area (Å²) < 4.78 is 0. The summed E-state index contributed by atoms with van der Waals surface area (Å²) in [6, 6.07) is 6.87. The first-order chi connectivity index (χ1) is 10.6. The van der Waals surface area contributed by atoms with Gasteiger partial charge in [-0.1, -0.05) is 18.2 Å². The molecule has 1 aliphatic heterocycles. The van der Waals surface area contributed by atoms with Gasteiger partial charge in [0.05, 0.1) is 5.56 Å². The third kappa shape index (κ3) is 4.39. The van der Waals surface area contributed by atoms with Crippen molar-refractivity contribution in [3.05, 3.63) is 35.4 Å². The Bertz CT molecular complexity index is 530. The second-order valence-corrected chi connectivity index (χ2v) is 5.85. The van der Waals surface area contributed by atoms with Crippen LogP contribution in [0.4, 0.5) is 0 Å². The number of benzene rings is 1. The highest BCUT2D eigenvalue weighted by Crippen LogP contribution is 2.15. The minimum Gasteiger partial charge on any atom is -0.396 e. The second kappa shape index (κ2) is 8.06. The largest absolute Gasteiger partial charge is 0.396 e. The number of carbonyl (C=O) groups is 2. The van der Waals surface area contributed by atoms with E-state index < -0.39 is 0 Å². The Hall–Kier alpha value is -1.72. The fourth-order valence-corrected chi connectivity index (χ4v) is 2.91. The van der Waals surface area contributed by atoms with Gasteiger partial charge in [0.15, 0.2) is 5.78 Å². The Morgan fingerprint density at radius 1 is 1.32 bits per heavy atom. The number of nitrogens with one attached hydrogen (secondary N) is 1. The molecule has 0 spiro atoms. The summed E-state index contributed by atoms with van der Waals surface area (Å²) in [5.41, 5.74) is 0.889. The van der Waals surface area contributed by atoms with E-state index in [2.05, 4.69) is 10.2 Å². The molecule has 1 heterocycles. The van der Waals surface area contributed by atoms with Crippen LogP contribution in [0.3, 0.4) is 0 Å². The molecule has 1 fully saturated rings. The minimum atomic E-state index is -0.207. The Labute approximate surface area is 131 Å². The average molecular weight is 304 g/mol. The number of amides is 1. The molecule has 22 heavy (non-hydrogen) atoms. The fourth-order valence-electron chi connectivity index (χ4n) is 2.91. The zero-order valence-electron chi connectivity index (χ0n) is 13.0. The zero-order chi connectivity index (χ0) is 15.9. The third-order valence-corrected chi connectivity index (χ3v) is 4.13. The SMILES string of the molecule is CC(=O)c1ccccc1C(=O)NCCN1CCCC(CO)C1. The first-order valence-corrected chi connectivity index (χ1v) is 7.83. The first kappa shape index (κ1) is 16.6. The van der Waals surface area contributed by atoms with E-state index in [1.165, 1.54) is 6.92 Å². The maximum absolute atomic E-state index is 12.2. The molecule has 5 heteroatoms. The Kier molecular flexibility index (Phi) is 6.10. The van der Waals surface area contributed by atoms with Gasteiger partial charge in [0.1, 0.15) is 0 Å². The molecule has 1 unspecified atom stereocenters. The predicted octanol–water partition coefficient (Wildman–Crippen LogP) is 1.32. The van der Waals surface area contributed by atoms with Gasteiger partial charge in [0, 0.05) is 31.8 Å². The van der Waals surface area contributed by atoms with Crippen LogP contribution in [0.15, 0.2) is 24.3 Å². The molecular formula is C17H24N2O3. The van der Waals surface area contributed by atoms with Crippen LogP contribution >= 0.6 is 0 Å². The Morgan fingerprint density at radius 2 is 2.05 bits per heavy atom. The molecule has 2 rings (SSSR count). The number of ketones is 1. The first-order valence-electron chi connectivity index (χ1n) is 7.83. The van der Waals surface area contributed by atoms with Gasteiger partial charge in [0.25, 0.3) is 5.91 Å². The van der Waals surface area contributed by atoms with Crippen LogP contribution in [0, 0.1) is 5.92 Å². The Morgan fingerprint density at radius 3 is 2.73 bits per heavy atom. The van der Waals surface area contributed by atoms with E-state index in [9.17, 15) is 14.7 Å². The van der Waals surface area contributed by atoms with E-state index in [1.807, 2.05) is 0 Å². The number of carbonyl (C=O) groups excluding carboxylic acids is 2. The topological polar surface area (TPSA) is 69.6 Å². The molecule has 0 aromatic heterocycles. The van der Waals surface area contributed by atoms with Gasteiger partial charge in [-0.15, -0.1) is 0 Å². The lowest BCUT2D eigenvalue weighted by molar-refractivity contribution is 0.0920. The van der Waals surface area contributed by atoms with E-state index in [4.69, 9.17) is 0 Å². The van der Waals surface area contributed by atoms with Crippen LogP contribution in [0.2, 0.25) is 0 Å². The van der Waals surface area contributed by atoms with Gasteiger partial charge in [-0.25, -0.2) is 0 Å². The van der Waals surface area contributed by atoms with Crippen molar-refractivity contribution in [1.29, 1.82) is 0 Å². The molecule has 5 nitrogen and oxygen atoms in total. The highest BCUT2D eigenvalue weighted by molar-refractivity contribution is 6.07. The molecule has 1 amide bonds. The number of piperidine rings is 1. The van der Waals surface area contributed by atoms with Crippen molar-refractivity contribution in [2.75, 3.05) is 32.8 Å². The van der Waals surface area contributed by atoms with Crippen LogP contribution in [0.5, 0.6) is 0 Å². The van der Waals surface area contributed by atoms with Gasteiger partial charge in [-0.2, -0.15) is 0 Å². The zero-order valence-corrected chi connectivity index (χ0v) is 13.0. The van der Waals surface area contributed by atoms with Crippen molar-refractivity contribution in [3.63, 3.8) is 0 Å². The van der Waals surface area contributed by atoms with Gasteiger partial charge in [-0.3, -0.25) is 9.59 Å². The lowest BCUT2D eigenvalue weighted by Crippen LogP contribution is -2.41. The molecule has 0 radical (unpaired) electrons. The number of rotatable bonds is 6. The summed E-state index contributed by atoms with van der Waals surface area (Å²) in [5.74, 6) is 0.0389. The van der Waals surface area contributed by atoms with Crippen LogP contribution < -0.4 is 5.32 Å². The van der Waals surface area contributed by atoms with E-state index in [-0.39, 0.29) is 18.3 Å². The van der Waals surface area contributed by atoms with Crippen molar-refractivity contribution in [2.24, 2.45) is 5.92 Å². The molecule has 120 valence electrons. The predicted molar refractivity (Wildman–Crippen MR) is 85.0 cm³/mol. The molecule has 0 bridgehead atoms. The summed E-state index contributed by atoms with van der Waals surface area (Å²) in [7, 11) is 0. The van der Waals surface area contributed by atoms with Gasteiger partial charge in [0.2, 0.25) is 0 Å². The van der Waals surface area contributed by atoms with E-state index in [0.29, 0.717) is 23.6 Å². The summed E-state index contributed by atoms with van der Waals surface area (Å²) in [5, 5.41) is 12.1. The normalized spacial score (nSPS) is 18.9. The smallest absolute Gasteiger partial charge is 0.252 e. The van der Waals surface area contributed by atoms with E-state index >= 15 is 0 Å². The lowest BCUT2D eigenvalue weighted by atomic mass is 9.99. The monoisotopic (exact) mass is 304 g/mol. The van der Waals surface area contributed by atoms with E-state index in [1.54, 1.807) is 24.3 Å². The van der Waals surface area contributed by atoms with Crippen molar-refractivity contribution in [1.82, 2.24) is 10.2 Å². The van der Waals surface area contributed by atoms with Crippen molar-refractivity contribution in [2.45, 2.75) is 19.8 Å². The summed E-state index contributed by atoms with van der Waals surface area (Å²) in [6.45, 7) is 4.91. The highest BCUT2D eigenvalue weighted by atomic mass is 16.3. The van der Waals surface area contributed by atoms with Gasteiger partial charge >= 0.3 is 0 Å². The number of aliphatic hydroxyl groups is 1. The standard InChI is InChI=1S/C17H24N2O3/c1-13(21)15-6-2-3-7-16(15)17(22)18-8-10-19-9-4-5-14(11-19)12-20/h2-3,6-7,14,20H,4-5,8-12H2,1H3,(H,18,22). The number of hydrogen-bond donors (Lipinski definition) is 2. The average Bonchev–Trinajstić information content (AvgIpc) is 2.55. The molecule has 0 saturated carbocycles. The molecular weight excluding hydrogens is 280 g/mol. The second-order valence-electron chi connectivity index (χ2n) is 5.85. The summed E-state index contributed by atoms with van der Waals surface area (Å²) >= 11 is 0. The molecule has 1 aromatic carbocycles. The number of aliphatic hydroxyl groups excluding tert-OH is 1. The number of nitrogens with zero attached hydrogens (tertiary/aromatic N) is 1. The van der Waals surface area contributed by atoms with Crippen molar-refractivity contribution < 1.29 is 14.7 Å². The fraction of sp³-hybridized carbons (Fsp3) is 0.529. The summed E-state index contributed by atoms with van der Waals surface area (Å²) in [4.78, 5) is 26.0. The Balaban J connectivity index is 1.84. The lowest BCUT2D eigenvalue weighted by Gasteiger charge is -2.31. The van der Waals surface area contributed by atoms with Crippen LogP contribution in [0.25, 0.3) is 0 Å². The molecule has 0 aliphatic carbocycles. The quantitative estimate of drug-likeness (QED) is 0.778. The van der Waals surface area contributed by atoms with Crippen molar-refractivity contribution in [3.8, 4) is 0 Å². The number of hydrogen-bond acceptors (Lipinski definition) is 4. The summed E-state index contributed by atoms with van der Waals surface area (Å²) in [6.07, 6.45) is 2.16. The van der Waals surface area contributed by atoms with Crippen LogP contribution in [0.1, 0.15) is 40.5 Å². The molecule has 1 saturated heterocycles. The number of likely N-dealkylation sites (tertiary alicyclic amines) is 1. The maximum atomic E-state index is 12.2. The van der Waals surface area contributed by atoms with Crippen LogP contribution in [-0.2, 0) is 0 Å². The van der Waals surface area contributed by atoms with Gasteiger partial charge < -0.3 is 15.3 Å². The number of Topliss-reactive ketones (excluding diaryl/α,β-unsaturated/α-hetero) is 1. The minimum absolute atomic E-state index is 0.104. The highest BCUT2D eigenvalue weighted by Gasteiger charge is 2.19. The maximum Gasteiger partial charge on any atom is 0.252 e.